The van der Waals surface area contributed by atoms with Crippen LogP contribution >= 0.6 is 11.8 Å². The summed E-state index contributed by atoms with van der Waals surface area (Å²) in [6, 6.07) is 10.2. The van der Waals surface area contributed by atoms with Crippen LogP contribution in [0.3, 0.4) is 0 Å². The number of carbonyl (C=O) groups excluding carboxylic acids is 4. The molecule has 0 aliphatic carbocycles. The summed E-state index contributed by atoms with van der Waals surface area (Å²) < 4.78 is 29.4. The number of amides is 4. The highest BCUT2D eigenvalue weighted by atomic mass is 32.2. The van der Waals surface area contributed by atoms with E-state index < -0.39 is 29.5 Å². The number of nitrogens with zero attached hydrogens (tertiary/aromatic N) is 2. The third-order valence-corrected chi connectivity index (χ3v) is 6.43. The second-order valence-electron chi connectivity index (χ2n) is 7.98. The van der Waals surface area contributed by atoms with Crippen LogP contribution in [0.4, 0.5) is 14.9 Å². The number of anilines is 1. The van der Waals surface area contributed by atoms with Crippen LogP contribution in [0.25, 0.3) is 6.08 Å². The van der Waals surface area contributed by atoms with Gasteiger partial charge in [-0.15, -0.1) is 0 Å². The molecule has 37 heavy (non-hydrogen) atoms. The lowest BCUT2D eigenvalue weighted by atomic mass is 10.1. The monoisotopic (exact) mass is 529 g/mol. The molecule has 4 amide bonds. The molecule has 1 N–H and O–H groups in total. The molecule has 0 unspecified atom stereocenters. The SMILES string of the molecule is COc1cccc(/C=C2/SC(=O)N(CC(=O)N3CCOCC3)C2=O)c1OCC(=O)Nc1ccc(F)cc1. The van der Waals surface area contributed by atoms with Gasteiger partial charge in [-0.25, -0.2) is 4.39 Å². The number of rotatable bonds is 8. The molecule has 0 radical (unpaired) electrons. The number of thioether (sulfide) groups is 1. The normalized spacial score (nSPS) is 16.8. The lowest BCUT2D eigenvalue weighted by Crippen LogP contribution is -2.46. The number of hydrogen-bond acceptors (Lipinski definition) is 8. The number of methoxy groups -OCH3 is 1. The van der Waals surface area contributed by atoms with Crippen LogP contribution in [0.5, 0.6) is 11.5 Å². The molecule has 12 heteroatoms. The zero-order valence-corrected chi connectivity index (χ0v) is 20.7. The summed E-state index contributed by atoms with van der Waals surface area (Å²) in [5.41, 5.74) is 0.800. The standard InChI is InChI=1S/C25H24FN3O7S/c1-34-19-4-2-3-16(23(19)36-15-21(30)27-18-7-5-17(26)6-8-18)13-20-24(32)29(25(33)37-20)14-22(31)28-9-11-35-12-10-28/h2-8,13H,9-12,14-15H2,1H3,(H,27,30)/b20-13+. The van der Waals surface area contributed by atoms with E-state index in [2.05, 4.69) is 5.32 Å². The van der Waals surface area contributed by atoms with Crippen molar-refractivity contribution >= 4 is 46.5 Å². The first-order valence-corrected chi connectivity index (χ1v) is 12.1. The van der Waals surface area contributed by atoms with Gasteiger partial charge in [-0.3, -0.25) is 24.1 Å². The summed E-state index contributed by atoms with van der Waals surface area (Å²) in [5, 5.41) is 2.04. The van der Waals surface area contributed by atoms with E-state index in [9.17, 15) is 23.6 Å². The molecule has 2 aromatic carbocycles. The van der Waals surface area contributed by atoms with Crippen molar-refractivity contribution in [1.82, 2.24) is 9.80 Å². The Morgan fingerprint density at radius 1 is 1.14 bits per heavy atom. The summed E-state index contributed by atoms with van der Waals surface area (Å²) in [4.78, 5) is 53.0. The molecule has 2 fully saturated rings. The minimum absolute atomic E-state index is 0.105. The van der Waals surface area contributed by atoms with E-state index in [1.807, 2.05) is 0 Å². The minimum Gasteiger partial charge on any atom is -0.493 e. The fraction of sp³-hybridized carbons (Fsp3) is 0.280. The molecule has 0 saturated carbocycles. The fourth-order valence-corrected chi connectivity index (χ4v) is 4.48. The summed E-state index contributed by atoms with van der Waals surface area (Å²) in [7, 11) is 1.43. The molecule has 2 aromatic rings. The Morgan fingerprint density at radius 3 is 2.57 bits per heavy atom. The van der Waals surface area contributed by atoms with E-state index in [0.717, 1.165) is 4.90 Å². The van der Waals surface area contributed by atoms with Crippen molar-refractivity contribution in [2.45, 2.75) is 0 Å². The van der Waals surface area contributed by atoms with Crippen LogP contribution in [0.2, 0.25) is 0 Å². The maximum absolute atomic E-state index is 13.1. The predicted molar refractivity (Wildman–Crippen MR) is 134 cm³/mol. The quantitative estimate of drug-likeness (QED) is 0.520. The molecule has 0 atom stereocenters. The van der Waals surface area contributed by atoms with Gasteiger partial charge in [0.2, 0.25) is 5.91 Å². The Balaban J connectivity index is 1.47. The molecule has 194 valence electrons. The minimum atomic E-state index is -0.598. The first-order valence-electron chi connectivity index (χ1n) is 11.3. The van der Waals surface area contributed by atoms with Gasteiger partial charge in [-0.1, -0.05) is 12.1 Å². The van der Waals surface area contributed by atoms with E-state index in [0.29, 0.717) is 55.1 Å². The maximum atomic E-state index is 13.1. The van der Waals surface area contributed by atoms with Crippen LogP contribution in [0, 0.1) is 5.82 Å². The highest BCUT2D eigenvalue weighted by Crippen LogP contribution is 2.37. The van der Waals surface area contributed by atoms with Gasteiger partial charge in [0, 0.05) is 24.3 Å². The molecule has 2 aliphatic rings. The Bertz CT molecular complexity index is 1230. The zero-order chi connectivity index (χ0) is 26.4. The topological polar surface area (TPSA) is 114 Å². The van der Waals surface area contributed by atoms with Gasteiger partial charge in [-0.05, 0) is 48.2 Å². The summed E-state index contributed by atoms with van der Waals surface area (Å²) in [6.45, 7) is 0.886. The molecular weight excluding hydrogens is 505 g/mol. The number of carbonyl (C=O) groups is 4. The molecule has 2 saturated heterocycles. The van der Waals surface area contributed by atoms with Gasteiger partial charge in [0.1, 0.15) is 12.4 Å². The number of benzene rings is 2. The van der Waals surface area contributed by atoms with Crippen molar-refractivity contribution in [3.8, 4) is 11.5 Å². The second kappa shape index (κ2) is 11.9. The number of hydrogen-bond donors (Lipinski definition) is 1. The van der Waals surface area contributed by atoms with Crippen molar-refractivity contribution < 1.29 is 37.8 Å². The van der Waals surface area contributed by atoms with Gasteiger partial charge >= 0.3 is 0 Å². The Kier molecular flexibility index (Phi) is 8.41. The van der Waals surface area contributed by atoms with Crippen LogP contribution in [0.15, 0.2) is 47.4 Å². The third kappa shape index (κ3) is 6.46. The Morgan fingerprint density at radius 2 is 1.86 bits per heavy atom. The summed E-state index contributed by atoms with van der Waals surface area (Å²) in [6.07, 6.45) is 1.46. The molecule has 4 rings (SSSR count). The summed E-state index contributed by atoms with van der Waals surface area (Å²) in [5.74, 6) is -1.35. The zero-order valence-electron chi connectivity index (χ0n) is 19.9. The number of morpholine rings is 1. The number of nitrogens with one attached hydrogen (secondary N) is 1. The van der Waals surface area contributed by atoms with Crippen LogP contribution < -0.4 is 14.8 Å². The van der Waals surface area contributed by atoms with Crippen LogP contribution in [-0.2, 0) is 19.1 Å². The molecular formula is C25H24FN3O7S. The first-order chi connectivity index (χ1) is 17.9. The van der Waals surface area contributed by atoms with E-state index in [4.69, 9.17) is 14.2 Å². The molecule has 0 aromatic heterocycles. The lowest BCUT2D eigenvalue weighted by molar-refractivity contribution is -0.139. The van der Waals surface area contributed by atoms with Crippen molar-refractivity contribution in [3.63, 3.8) is 0 Å². The third-order valence-electron chi connectivity index (χ3n) is 5.52. The highest BCUT2D eigenvalue weighted by molar-refractivity contribution is 8.18. The predicted octanol–water partition coefficient (Wildman–Crippen LogP) is 2.75. The number of imide groups is 1. The second-order valence-corrected chi connectivity index (χ2v) is 8.98. The van der Waals surface area contributed by atoms with Crippen molar-refractivity contribution in [2.75, 3.05) is 51.9 Å². The van der Waals surface area contributed by atoms with Crippen molar-refractivity contribution in [3.05, 3.63) is 58.8 Å². The van der Waals surface area contributed by atoms with E-state index in [1.54, 1.807) is 23.1 Å². The van der Waals surface area contributed by atoms with Crippen molar-refractivity contribution in [2.24, 2.45) is 0 Å². The van der Waals surface area contributed by atoms with Gasteiger partial charge in [-0.2, -0.15) is 0 Å². The Labute approximate surface area is 216 Å². The molecule has 10 nitrogen and oxygen atoms in total. The average molecular weight is 530 g/mol. The maximum Gasteiger partial charge on any atom is 0.294 e. The molecule has 0 spiro atoms. The number of para-hydroxylation sites is 1. The van der Waals surface area contributed by atoms with E-state index in [-0.39, 0.29) is 23.1 Å². The van der Waals surface area contributed by atoms with Gasteiger partial charge < -0.3 is 24.4 Å². The first kappa shape index (κ1) is 26.2. The van der Waals surface area contributed by atoms with E-state index in [1.165, 1.54) is 37.5 Å². The van der Waals surface area contributed by atoms with Crippen molar-refractivity contribution in [1.29, 1.82) is 0 Å². The van der Waals surface area contributed by atoms with Gasteiger partial charge in [0.25, 0.3) is 17.1 Å². The van der Waals surface area contributed by atoms with Crippen LogP contribution in [-0.4, -0.2) is 79.3 Å². The average Bonchev–Trinajstić information content (AvgIpc) is 3.16. The number of halogens is 1. The van der Waals surface area contributed by atoms with E-state index >= 15 is 0 Å². The van der Waals surface area contributed by atoms with Crippen LogP contribution in [0.1, 0.15) is 5.56 Å². The molecule has 0 bridgehead atoms. The van der Waals surface area contributed by atoms with Gasteiger partial charge in [0.05, 0.1) is 25.2 Å². The fourth-order valence-electron chi connectivity index (χ4n) is 3.66. The Hall–Kier alpha value is -3.90. The largest absolute Gasteiger partial charge is 0.493 e. The number of ether oxygens (including phenoxy) is 3. The smallest absolute Gasteiger partial charge is 0.294 e. The molecule has 2 aliphatic heterocycles. The van der Waals surface area contributed by atoms with Gasteiger partial charge in [0.15, 0.2) is 18.1 Å². The molecule has 2 heterocycles. The lowest BCUT2D eigenvalue weighted by Gasteiger charge is -2.28. The summed E-state index contributed by atoms with van der Waals surface area (Å²) >= 11 is 0.712. The highest BCUT2D eigenvalue weighted by Gasteiger charge is 2.37.